The van der Waals surface area contributed by atoms with Gasteiger partial charge in [0.15, 0.2) is 5.82 Å². The number of benzene rings is 1. The second-order valence-electron chi connectivity index (χ2n) is 5.05. The van der Waals surface area contributed by atoms with Crippen molar-refractivity contribution in [3.63, 3.8) is 0 Å². The second-order valence-corrected chi connectivity index (χ2v) is 5.05. The van der Waals surface area contributed by atoms with Gasteiger partial charge in [-0.15, -0.1) is 0 Å². The molecule has 1 saturated carbocycles. The van der Waals surface area contributed by atoms with Gasteiger partial charge in [-0.2, -0.15) is 4.98 Å². The fraction of sp³-hybridized carbons (Fsp3) is 0.357. The molecule has 2 aromatic rings. The molecule has 1 fully saturated rings. The first-order valence-corrected chi connectivity index (χ1v) is 6.66. The Bertz CT molecular complexity index is 637. The van der Waals surface area contributed by atoms with Crippen LogP contribution in [-0.2, 0) is 11.3 Å². The Morgan fingerprint density at radius 2 is 2.10 bits per heavy atom. The summed E-state index contributed by atoms with van der Waals surface area (Å²) in [7, 11) is 0. The number of hydrogen-bond donors (Lipinski definition) is 1. The molecule has 1 aromatic carbocycles. The maximum Gasteiger partial charge on any atom is 0.317 e. The summed E-state index contributed by atoms with van der Waals surface area (Å²) < 4.78 is 18.0. The Balaban J connectivity index is 1.72. The Morgan fingerprint density at radius 3 is 2.71 bits per heavy atom. The molecule has 6 nitrogen and oxygen atoms in total. The van der Waals surface area contributed by atoms with Gasteiger partial charge in [0.1, 0.15) is 5.82 Å². The highest BCUT2D eigenvalue weighted by Crippen LogP contribution is 2.28. The maximum absolute atomic E-state index is 12.9. The molecule has 1 N–H and O–H groups in total. The highest BCUT2D eigenvalue weighted by molar-refractivity contribution is 5.69. The van der Waals surface area contributed by atoms with Crippen LogP contribution in [0.2, 0.25) is 0 Å². The van der Waals surface area contributed by atoms with E-state index >= 15 is 0 Å². The summed E-state index contributed by atoms with van der Waals surface area (Å²) in [5, 5.41) is 12.8. The molecule has 1 heterocycles. The van der Waals surface area contributed by atoms with Crippen LogP contribution in [0, 0.1) is 5.82 Å². The van der Waals surface area contributed by atoms with Crippen molar-refractivity contribution in [3.05, 3.63) is 35.9 Å². The van der Waals surface area contributed by atoms with Crippen molar-refractivity contribution in [2.45, 2.75) is 25.4 Å². The molecule has 21 heavy (non-hydrogen) atoms. The highest BCUT2D eigenvalue weighted by Gasteiger charge is 2.31. The van der Waals surface area contributed by atoms with Crippen LogP contribution in [0.4, 0.5) is 4.39 Å². The number of carboxylic acids is 1. The topological polar surface area (TPSA) is 79.5 Å². The summed E-state index contributed by atoms with van der Waals surface area (Å²) in [5.41, 5.74) is 0.631. The lowest BCUT2D eigenvalue weighted by atomic mass is 10.2. The third-order valence-corrected chi connectivity index (χ3v) is 3.31. The van der Waals surface area contributed by atoms with E-state index in [1.54, 1.807) is 12.1 Å². The molecule has 3 rings (SSSR count). The zero-order chi connectivity index (χ0) is 14.8. The van der Waals surface area contributed by atoms with Crippen LogP contribution in [0.3, 0.4) is 0 Å². The second kappa shape index (κ2) is 5.61. The summed E-state index contributed by atoms with van der Waals surface area (Å²) in [6.07, 6.45) is 1.99. The summed E-state index contributed by atoms with van der Waals surface area (Å²) in [6.45, 7) is 0.298. The largest absolute Gasteiger partial charge is 0.480 e. The van der Waals surface area contributed by atoms with Gasteiger partial charge in [-0.05, 0) is 37.1 Å². The van der Waals surface area contributed by atoms with E-state index in [9.17, 15) is 9.18 Å². The molecule has 1 aliphatic carbocycles. The number of carboxylic acid groups (broad SMARTS) is 1. The van der Waals surface area contributed by atoms with E-state index < -0.39 is 5.97 Å². The van der Waals surface area contributed by atoms with Gasteiger partial charge in [0, 0.05) is 11.6 Å². The van der Waals surface area contributed by atoms with Gasteiger partial charge in [0.25, 0.3) is 5.89 Å². The number of halogens is 1. The summed E-state index contributed by atoms with van der Waals surface area (Å²) >= 11 is 0. The van der Waals surface area contributed by atoms with Crippen LogP contribution in [0.25, 0.3) is 11.5 Å². The zero-order valence-corrected chi connectivity index (χ0v) is 11.2. The van der Waals surface area contributed by atoms with Crippen molar-refractivity contribution >= 4 is 5.97 Å². The first-order valence-electron chi connectivity index (χ1n) is 6.66. The van der Waals surface area contributed by atoms with E-state index in [-0.39, 0.29) is 18.4 Å². The minimum Gasteiger partial charge on any atom is -0.480 e. The van der Waals surface area contributed by atoms with E-state index in [0.29, 0.717) is 23.8 Å². The van der Waals surface area contributed by atoms with E-state index in [1.165, 1.54) is 12.1 Å². The Morgan fingerprint density at radius 1 is 1.38 bits per heavy atom. The third-order valence-electron chi connectivity index (χ3n) is 3.31. The van der Waals surface area contributed by atoms with Gasteiger partial charge in [0.05, 0.1) is 13.1 Å². The molecule has 7 heteroatoms. The van der Waals surface area contributed by atoms with Crippen LogP contribution in [0.5, 0.6) is 0 Å². The van der Waals surface area contributed by atoms with Crippen molar-refractivity contribution in [2.24, 2.45) is 0 Å². The molecule has 0 atom stereocenters. The lowest BCUT2D eigenvalue weighted by Crippen LogP contribution is -2.31. The zero-order valence-electron chi connectivity index (χ0n) is 11.2. The maximum atomic E-state index is 12.9. The first-order chi connectivity index (χ1) is 10.1. The molecule has 1 aliphatic rings. The standard InChI is InChI=1S/C14H14FN3O3/c15-10-3-1-9(2-4-10)14-16-12(17-21-14)7-18(8-13(19)20)11-5-6-11/h1-4,11H,5-8H2,(H,19,20). The van der Waals surface area contributed by atoms with Gasteiger partial charge in [-0.25, -0.2) is 4.39 Å². The quantitative estimate of drug-likeness (QED) is 0.876. The smallest absolute Gasteiger partial charge is 0.317 e. The highest BCUT2D eigenvalue weighted by atomic mass is 19.1. The molecule has 0 amide bonds. The van der Waals surface area contributed by atoms with Crippen molar-refractivity contribution in [1.82, 2.24) is 15.0 Å². The Labute approximate surface area is 120 Å². The molecule has 110 valence electrons. The van der Waals surface area contributed by atoms with Gasteiger partial charge in [-0.3, -0.25) is 9.69 Å². The van der Waals surface area contributed by atoms with E-state index in [4.69, 9.17) is 9.63 Å². The molecule has 0 bridgehead atoms. The third kappa shape index (κ3) is 3.43. The average molecular weight is 291 g/mol. The fourth-order valence-corrected chi connectivity index (χ4v) is 2.14. The lowest BCUT2D eigenvalue weighted by Gasteiger charge is -2.16. The molecule has 0 unspecified atom stereocenters. The minimum absolute atomic E-state index is 0.0366. The number of aliphatic carboxylic acids is 1. The number of aromatic nitrogens is 2. The van der Waals surface area contributed by atoms with Gasteiger partial charge in [-0.1, -0.05) is 5.16 Å². The minimum atomic E-state index is -0.871. The molecule has 0 aliphatic heterocycles. The van der Waals surface area contributed by atoms with Gasteiger partial charge < -0.3 is 9.63 Å². The van der Waals surface area contributed by atoms with E-state index in [1.807, 2.05) is 4.90 Å². The number of nitrogens with zero attached hydrogens (tertiary/aromatic N) is 3. The van der Waals surface area contributed by atoms with Crippen molar-refractivity contribution in [2.75, 3.05) is 6.54 Å². The molecule has 0 spiro atoms. The molecular formula is C14H14FN3O3. The molecular weight excluding hydrogens is 277 g/mol. The first kappa shape index (κ1) is 13.7. The van der Waals surface area contributed by atoms with Crippen LogP contribution in [0.1, 0.15) is 18.7 Å². The van der Waals surface area contributed by atoms with Crippen LogP contribution in [-0.4, -0.2) is 38.7 Å². The van der Waals surface area contributed by atoms with Crippen molar-refractivity contribution < 1.29 is 18.8 Å². The molecule has 0 saturated heterocycles. The summed E-state index contributed by atoms with van der Waals surface area (Å²) in [4.78, 5) is 16.9. The van der Waals surface area contributed by atoms with E-state index in [2.05, 4.69) is 10.1 Å². The van der Waals surface area contributed by atoms with Crippen LogP contribution in [0.15, 0.2) is 28.8 Å². The summed E-state index contributed by atoms with van der Waals surface area (Å²) in [6, 6.07) is 6.04. The SMILES string of the molecule is O=C(O)CN(Cc1noc(-c2ccc(F)cc2)n1)C1CC1. The summed E-state index contributed by atoms with van der Waals surface area (Å²) in [5.74, 6) is -0.470. The average Bonchev–Trinajstić information content (AvgIpc) is 3.19. The van der Waals surface area contributed by atoms with Crippen LogP contribution >= 0.6 is 0 Å². The molecule has 1 aromatic heterocycles. The Kier molecular flexibility index (Phi) is 3.66. The number of rotatable bonds is 6. The normalized spacial score (nSPS) is 14.6. The monoisotopic (exact) mass is 291 g/mol. The van der Waals surface area contributed by atoms with Crippen molar-refractivity contribution in [1.29, 1.82) is 0 Å². The van der Waals surface area contributed by atoms with Crippen molar-refractivity contribution in [3.8, 4) is 11.5 Å². The van der Waals surface area contributed by atoms with E-state index in [0.717, 1.165) is 12.8 Å². The van der Waals surface area contributed by atoms with Crippen LogP contribution < -0.4 is 0 Å². The van der Waals surface area contributed by atoms with Gasteiger partial charge >= 0.3 is 5.97 Å². The van der Waals surface area contributed by atoms with Gasteiger partial charge in [0.2, 0.25) is 0 Å². The number of hydrogen-bond acceptors (Lipinski definition) is 5. The molecule has 0 radical (unpaired) electrons. The lowest BCUT2D eigenvalue weighted by molar-refractivity contribution is -0.138. The Hall–Kier alpha value is -2.28. The predicted molar refractivity (Wildman–Crippen MR) is 70.8 cm³/mol. The number of carbonyl (C=O) groups is 1. The fourth-order valence-electron chi connectivity index (χ4n) is 2.14. The predicted octanol–water partition coefficient (Wildman–Crippen LogP) is 1.92.